The Kier molecular flexibility index (Phi) is 3.96. The van der Waals surface area contributed by atoms with Crippen molar-refractivity contribution in [2.75, 3.05) is 6.61 Å². The number of rotatable bonds is 4. The Labute approximate surface area is 112 Å². The molecule has 6 nitrogen and oxygen atoms in total. The molecule has 110 valence electrons. The number of aromatic nitrogens is 2. The second kappa shape index (κ2) is 5.51. The van der Waals surface area contributed by atoms with Crippen LogP contribution in [0, 0.1) is 5.92 Å². The summed E-state index contributed by atoms with van der Waals surface area (Å²) in [7, 11) is 0. The molecule has 0 saturated heterocycles. The molecule has 1 aromatic heterocycles. The van der Waals surface area contributed by atoms with Crippen molar-refractivity contribution in [2.24, 2.45) is 11.7 Å². The van der Waals surface area contributed by atoms with Crippen LogP contribution in [0.4, 0.5) is 18.0 Å². The van der Waals surface area contributed by atoms with E-state index in [1.807, 2.05) is 0 Å². The highest BCUT2D eigenvalue weighted by Gasteiger charge is 2.35. The molecule has 9 heteroatoms. The van der Waals surface area contributed by atoms with E-state index in [9.17, 15) is 18.0 Å². The molecule has 20 heavy (non-hydrogen) atoms. The summed E-state index contributed by atoms with van der Waals surface area (Å²) in [6.07, 6.45) is -2.39. The molecule has 1 aromatic rings. The number of ether oxygens (including phenoxy) is 2. The molecule has 0 atom stereocenters. The largest absolute Gasteiger partial charge is 0.490 e. The number of carbonyl (C=O) groups excluding carboxylic acids is 1. The lowest BCUT2D eigenvalue weighted by Crippen LogP contribution is -2.37. The lowest BCUT2D eigenvalue weighted by Gasteiger charge is -2.33. The zero-order chi connectivity index (χ0) is 14.8. The molecule has 0 bridgehead atoms. The Bertz CT molecular complexity index is 472. The molecule has 1 aliphatic rings. The molecule has 0 unspecified atom stereocenters. The molecule has 1 amide bonds. The van der Waals surface area contributed by atoms with Crippen molar-refractivity contribution in [3.05, 3.63) is 18.2 Å². The summed E-state index contributed by atoms with van der Waals surface area (Å²) in [5.41, 5.74) is 4.86. The Balaban J connectivity index is 1.74. The molecule has 1 saturated carbocycles. The van der Waals surface area contributed by atoms with Crippen molar-refractivity contribution in [2.45, 2.75) is 25.1 Å². The minimum Gasteiger partial charge on any atom is -0.490 e. The maximum absolute atomic E-state index is 12.2. The van der Waals surface area contributed by atoms with Crippen LogP contribution in [0.3, 0.4) is 0 Å². The quantitative estimate of drug-likeness (QED) is 0.913. The Morgan fingerprint density at radius 3 is 2.45 bits per heavy atom. The van der Waals surface area contributed by atoms with Crippen LogP contribution in [-0.4, -0.2) is 28.8 Å². The van der Waals surface area contributed by atoms with Gasteiger partial charge in [-0.25, -0.2) is 14.8 Å². The van der Waals surface area contributed by atoms with Gasteiger partial charge in [0.1, 0.15) is 6.10 Å². The second-order valence-corrected chi connectivity index (χ2v) is 4.45. The number of halogens is 3. The third-order valence-corrected chi connectivity index (χ3v) is 2.84. The van der Waals surface area contributed by atoms with Gasteiger partial charge in [-0.3, -0.25) is 0 Å². The van der Waals surface area contributed by atoms with Crippen molar-refractivity contribution in [3.8, 4) is 5.75 Å². The van der Waals surface area contributed by atoms with E-state index in [2.05, 4.69) is 9.97 Å². The smallest absolute Gasteiger partial charge is 0.451 e. The average Bonchev–Trinajstić information content (AvgIpc) is 2.31. The van der Waals surface area contributed by atoms with Gasteiger partial charge in [-0.05, 0) is 18.8 Å². The fourth-order valence-electron chi connectivity index (χ4n) is 1.82. The van der Waals surface area contributed by atoms with Crippen LogP contribution >= 0.6 is 0 Å². The molecule has 1 heterocycles. The third kappa shape index (κ3) is 3.72. The number of nitrogens with two attached hydrogens (primary N) is 1. The highest BCUT2D eigenvalue weighted by atomic mass is 19.4. The molecule has 1 fully saturated rings. The van der Waals surface area contributed by atoms with Crippen LogP contribution in [0.15, 0.2) is 12.4 Å². The van der Waals surface area contributed by atoms with Gasteiger partial charge in [-0.15, -0.1) is 0 Å². The number of alkyl halides is 3. The van der Waals surface area contributed by atoms with Gasteiger partial charge in [0.15, 0.2) is 5.75 Å². The first-order valence-corrected chi connectivity index (χ1v) is 5.82. The molecular weight excluding hydrogens is 279 g/mol. The number of primary amides is 1. The SMILES string of the molecule is NC(=O)O[C@H]1C[C@@H](COc2cnc(C(F)(F)F)nc2)C1. The highest BCUT2D eigenvalue weighted by molar-refractivity contribution is 5.64. The summed E-state index contributed by atoms with van der Waals surface area (Å²) in [6.45, 7) is 0.299. The first kappa shape index (κ1) is 14.4. The minimum absolute atomic E-state index is 0.164. The maximum Gasteiger partial charge on any atom is 0.451 e. The summed E-state index contributed by atoms with van der Waals surface area (Å²) >= 11 is 0. The monoisotopic (exact) mass is 291 g/mol. The summed E-state index contributed by atoms with van der Waals surface area (Å²) < 4.78 is 46.7. The lowest BCUT2D eigenvalue weighted by atomic mass is 9.83. The molecule has 0 radical (unpaired) electrons. The summed E-state index contributed by atoms with van der Waals surface area (Å²) in [5, 5.41) is 0. The molecule has 0 aliphatic heterocycles. The molecule has 0 spiro atoms. The van der Waals surface area contributed by atoms with E-state index in [1.165, 1.54) is 0 Å². The van der Waals surface area contributed by atoms with Crippen molar-refractivity contribution < 1.29 is 27.4 Å². The zero-order valence-electron chi connectivity index (χ0n) is 10.3. The zero-order valence-corrected chi connectivity index (χ0v) is 10.3. The normalized spacial score (nSPS) is 21.9. The van der Waals surface area contributed by atoms with Gasteiger partial charge in [-0.2, -0.15) is 13.2 Å². The van der Waals surface area contributed by atoms with Gasteiger partial charge in [0.25, 0.3) is 0 Å². The predicted octanol–water partition coefficient (Wildman–Crippen LogP) is 1.75. The standard InChI is InChI=1S/C11H12F3N3O3/c12-11(13,14)9-16-3-8(4-17-9)19-5-6-1-7(2-6)20-10(15)18/h3-4,6-7H,1-2,5H2,(H2,15,18)/t6-,7+. The maximum atomic E-state index is 12.2. The molecule has 1 aliphatic carbocycles. The van der Waals surface area contributed by atoms with Crippen LogP contribution in [-0.2, 0) is 10.9 Å². The Morgan fingerprint density at radius 2 is 1.95 bits per heavy atom. The first-order chi connectivity index (χ1) is 9.34. The van der Waals surface area contributed by atoms with Gasteiger partial charge < -0.3 is 15.2 Å². The van der Waals surface area contributed by atoms with Crippen LogP contribution in [0.1, 0.15) is 18.7 Å². The van der Waals surface area contributed by atoms with E-state index in [0.717, 1.165) is 12.4 Å². The summed E-state index contributed by atoms with van der Waals surface area (Å²) in [6, 6.07) is 0. The molecule has 2 rings (SSSR count). The van der Waals surface area contributed by atoms with E-state index in [-0.39, 0.29) is 17.8 Å². The number of hydrogen-bond donors (Lipinski definition) is 1. The minimum atomic E-state index is -4.56. The fraction of sp³-hybridized carbons (Fsp3) is 0.545. The van der Waals surface area contributed by atoms with E-state index in [4.69, 9.17) is 15.2 Å². The van der Waals surface area contributed by atoms with E-state index < -0.39 is 18.1 Å². The lowest BCUT2D eigenvalue weighted by molar-refractivity contribution is -0.145. The average molecular weight is 291 g/mol. The van der Waals surface area contributed by atoms with Crippen LogP contribution < -0.4 is 10.5 Å². The van der Waals surface area contributed by atoms with Crippen LogP contribution in [0.5, 0.6) is 5.75 Å². The van der Waals surface area contributed by atoms with Crippen LogP contribution in [0.2, 0.25) is 0 Å². The highest BCUT2D eigenvalue weighted by Crippen LogP contribution is 2.31. The van der Waals surface area contributed by atoms with Crippen molar-refractivity contribution in [3.63, 3.8) is 0 Å². The van der Waals surface area contributed by atoms with Gasteiger partial charge in [-0.1, -0.05) is 0 Å². The van der Waals surface area contributed by atoms with E-state index >= 15 is 0 Å². The predicted molar refractivity (Wildman–Crippen MR) is 59.7 cm³/mol. The fourth-order valence-corrected chi connectivity index (χ4v) is 1.82. The second-order valence-electron chi connectivity index (χ2n) is 4.45. The summed E-state index contributed by atoms with van der Waals surface area (Å²) in [4.78, 5) is 16.8. The van der Waals surface area contributed by atoms with Gasteiger partial charge in [0.05, 0.1) is 19.0 Å². The molecular formula is C11H12F3N3O3. The van der Waals surface area contributed by atoms with E-state index in [1.54, 1.807) is 0 Å². The van der Waals surface area contributed by atoms with Crippen molar-refractivity contribution in [1.82, 2.24) is 9.97 Å². The first-order valence-electron chi connectivity index (χ1n) is 5.82. The number of carbonyl (C=O) groups is 1. The molecule has 2 N–H and O–H groups in total. The summed E-state index contributed by atoms with van der Waals surface area (Å²) in [5.74, 6) is -0.873. The van der Waals surface area contributed by atoms with E-state index in [0.29, 0.717) is 19.4 Å². The van der Waals surface area contributed by atoms with Gasteiger partial charge in [0.2, 0.25) is 5.82 Å². The van der Waals surface area contributed by atoms with Crippen molar-refractivity contribution in [1.29, 1.82) is 0 Å². The Morgan fingerprint density at radius 1 is 1.35 bits per heavy atom. The number of amides is 1. The van der Waals surface area contributed by atoms with Gasteiger partial charge >= 0.3 is 12.3 Å². The van der Waals surface area contributed by atoms with Crippen LogP contribution in [0.25, 0.3) is 0 Å². The topological polar surface area (TPSA) is 87.3 Å². The molecule has 0 aromatic carbocycles. The number of hydrogen-bond acceptors (Lipinski definition) is 5. The van der Waals surface area contributed by atoms with Gasteiger partial charge in [0, 0.05) is 0 Å². The number of nitrogens with zero attached hydrogens (tertiary/aromatic N) is 2. The third-order valence-electron chi connectivity index (χ3n) is 2.84. The van der Waals surface area contributed by atoms with Crippen molar-refractivity contribution >= 4 is 6.09 Å². The Hall–Kier alpha value is -2.06.